The molecule has 21 heavy (non-hydrogen) atoms. The van der Waals surface area contributed by atoms with E-state index in [1.165, 1.54) is 0 Å². The maximum absolute atomic E-state index is 12.3. The highest BCUT2D eigenvalue weighted by molar-refractivity contribution is 6.30. The third kappa shape index (κ3) is 3.27. The van der Waals surface area contributed by atoms with Gasteiger partial charge in [-0.2, -0.15) is 5.10 Å². The number of ether oxygens (including phenoxy) is 1. The van der Waals surface area contributed by atoms with Gasteiger partial charge in [-0.05, 0) is 38.0 Å². The molecule has 1 unspecified atom stereocenters. The maximum Gasteiger partial charge on any atom is 0.336 e. The van der Waals surface area contributed by atoms with Gasteiger partial charge in [0.15, 0.2) is 0 Å². The molecule has 4 nitrogen and oxygen atoms in total. The first-order valence-corrected chi connectivity index (χ1v) is 7.42. The zero-order chi connectivity index (χ0) is 15.4. The molecule has 0 aromatic heterocycles. The number of nitrogens with one attached hydrogen (secondary N) is 1. The van der Waals surface area contributed by atoms with Crippen molar-refractivity contribution in [2.24, 2.45) is 5.10 Å². The number of nitrogens with zero attached hydrogens (tertiary/aromatic N) is 1. The molecule has 0 saturated carbocycles. The summed E-state index contributed by atoms with van der Waals surface area (Å²) >= 11 is 6.09. The molecule has 1 aliphatic rings. The van der Waals surface area contributed by atoms with Crippen LogP contribution in [0.5, 0.6) is 0 Å². The molecule has 1 N–H and O–H groups in total. The summed E-state index contributed by atoms with van der Waals surface area (Å²) in [6, 6.07) is 7.52. The largest absolute Gasteiger partial charge is 0.463 e. The first kappa shape index (κ1) is 15.6. The minimum atomic E-state index is -0.312. The van der Waals surface area contributed by atoms with Gasteiger partial charge < -0.3 is 4.74 Å². The molecule has 1 aromatic carbocycles. The van der Waals surface area contributed by atoms with E-state index in [4.69, 9.17) is 16.3 Å². The van der Waals surface area contributed by atoms with Crippen LogP contribution >= 0.6 is 11.6 Å². The normalized spacial score (nSPS) is 18.1. The summed E-state index contributed by atoms with van der Waals surface area (Å²) in [5, 5.41) is 5.01. The molecular formula is C16H19ClN2O2. The number of hydrogen-bond donors (Lipinski definition) is 1. The van der Waals surface area contributed by atoms with Crippen LogP contribution in [0.15, 0.2) is 40.6 Å². The summed E-state index contributed by atoms with van der Waals surface area (Å²) in [6.45, 7) is 5.99. The molecular weight excluding hydrogens is 288 g/mol. The Bertz CT molecular complexity index is 608. The molecule has 0 spiro atoms. The highest BCUT2D eigenvalue weighted by atomic mass is 35.5. The van der Waals surface area contributed by atoms with Crippen LogP contribution in [0, 0.1) is 0 Å². The van der Waals surface area contributed by atoms with E-state index in [1.54, 1.807) is 6.92 Å². The van der Waals surface area contributed by atoms with Crippen LogP contribution in [-0.2, 0) is 9.53 Å². The minimum absolute atomic E-state index is 0.214. The Morgan fingerprint density at radius 3 is 2.81 bits per heavy atom. The van der Waals surface area contributed by atoms with E-state index in [9.17, 15) is 4.79 Å². The number of hydrogen-bond acceptors (Lipinski definition) is 4. The van der Waals surface area contributed by atoms with Crippen LogP contribution in [0.1, 0.15) is 38.7 Å². The lowest BCUT2D eigenvalue weighted by Gasteiger charge is -2.27. The number of carbonyl (C=O) groups is 1. The van der Waals surface area contributed by atoms with Crippen molar-refractivity contribution < 1.29 is 9.53 Å². The molecule has 0 aliphatic carbocycles. The second-order valence-corrected chi connectivity index (χ2v) is 5.25. The van der Waals surface area contributed by atoms with Gasteiger partial charge in [0.2, 0.25) is 0 Å². The Hall–Kier alpha value is -1.81. The van der Waals surface area contributed by atoms with Crippen molar-refractivity contribution in [2.45, 2.75) is 33.1 Å². The zero-order valence-corrected chi connectivity index (χ0v) is 13.2. The molecule has 0 radical (unpaired) electrons. The highest BCUT2D eigenvalue weighted by Crippen LogP contribution is 2.33. The average molecular weight is 307 g/mol. The van der Waals surface area contributed by atoms with Crippen molar-refractivity contribution in [3.05, 3.63) is 46.1 Å². The van der Waals surface area contributed by atoms with E-state index in [0.717, 1.165) is 23.4 Å². The van der Waals surface area contributed by atoms with Crippen LogP contribution in [0.25, 0.3) is 0 Å². The number of esters is 1. The van der Waals surface area contributed by atoms with Gasteiger partial charge in [0.25, 0.3) is 0 Å². The van der Waals surface area contributed by atoms with Crippen LogP contribution in [0.3, 0.4) is 0 Å². The third-order valence-corrected chi connectivity index (χ3v) is 3.67. The standard InChI is InChI=1S/C16H19ClN2O2/c1-4-13-15(11-7-6-8-12(17)9-11)14(10(3)18-19-13)16(20)21-5-2/h6-9,15,18H,4-5H2,1-3H3. The number of halogens is 1. The number of carbonyl (C=O) groups excluding carboxylic acids is 1. The van der Waals surface area contributed by atoms with Crippen molar-refractivity contribution in [1.29, 1.82) is 0 Å². The van der Waals surface area contributed by atoms with Crippen LogP contribution in [0.2, 0.25) is 5.02 Å². The third-order valence-electron chi connectivity index (χ3n) is 3.43. The molecule has 1 heterocycles. The van der Waals surface area contributed by atoms with Crippen molar-refractivity contribution >= 4 is 23.3 Å². The van der Waals surface area contributed by atoms with E-state index >= 15 is 0 Å². The molecule has 0 amide bonds. The molecule has 5 heteroatoms. The fraction of sp³-hybridized carbons (Fsp3) is 0.375. The number of hydrazone groups is 1. The highest BCUT2D eigenvalue weighted by Gasteiger charge is 2.32. The molecule has 2 rings (SSSR count). The SMILES string of the molecule is CCOC(=O)C1=C(C)NN=C(CC)C1c1cccc(Cl)c1. The zero-order valence-electron chi connectivity index (χ0n) is 12.4. The van der Waals surface area contributed by atoms with Crippen LogP contribution < -0.4 is 5.43 Å². The van der Waals surface area contributed by atoms with E-state index in [0.29, 0.717) is 17.2 Å². The van der Waals surface area contributed by atoms with Gasteiger partial charge in [0, 0.05) is 10.7 Å². The molecule has 112 valence electrons. The minimum Gasteiger partial charge on any atom is -0.463 e. The summed E-state index contributed by atoms with van der Waals surface area (Å²) in [5.74, 6) is -0.526. The summed E-state index contributed by atoms with van der Waals surface area (Å²) in [6.07, 6.45) is 0.736. The summed E-state index contributed by atoms with van der Waals surface area (Å²) in [7, 11) is 0. The van der Waals surface area contributed by atoms with E-state index in [2.05, 4.69) is 10.5 Å². The van der Waals surface area contributed by atoms with E-state index in [1.807, 2.05) is 38.1 Å². The Morgan fingerprint density at radius 1 is 1.43 bits per heavy atom. The van der Waals surface area contributed by atoms with Gasteiger partial charge in [0.05, 0.1) is 23.8 Å². The van der Waals surface area contributed by atoms with Crippen LogP contribution in [0.4, 0.5) is 0 Å². The summed E-state index contributed by atoms with van der Waals surface area (Å²) in [4.78, 5) is 12.3. The monoisotopic (exact) mass is 306 g/mol. The number of benzene rings is 1. The van der Waals surface area contributed by atoms with Crippen molar-refractivity contribution in [1.82, 2.24) is 5.43 Å². The lowest BCUT2D eigenvalue weighted by atomic mass is 9.84. The summed E-state index contributed by atoms with van der Waals surface area (Å²) < 4.78 is 5.20. The number of allylic oxidation sites excluding steroid dienone is 1. The first-order chi connectivity index (χ1) is 10.1. The second kappa shape index (κ2) is 6.76. The average Bonchev–Trinajstić information content (AvgIpc) is 2.47. The van der Waals surface area contributed by atoms with Crippen molar-refractivity contribution in [3.8, 4) is 0 Å². The lowest BCUT2D eigenvalue weighted by Crippen LogP contribution is -2.30. The molecule has 0 saturated heterocycles. The van der Waals surface area contributed by atoms with Crippen LogP contribution in [-0.4, -0.2) is 18.3 Å². The van der Waals surface area contributed by atoms with Gasteiger partial charge in [-0.3, -0.25) is 5.43 Å². The molecule has 1 aromatic rings. The van der Waals surface area contributed by atoms with Crippen molar-refractivity contribution in [2.75, 3.05) is 6.61 Å². The number of rotatable bonds is 4. The Kier molecular flexibility index (Phi) is 5.02. The Morgan fingerprint density at radius 2 is 2.19 bits per heavy atom. The van der Waals surface area contributed by atoms with Gasteiger partial charge >= 0.3 is 5.97 Å². The van der Waals surface area contributed by atoms with Gasteiger partial charge in [-0.25, -0.2) is 4.79 Å². The topological polar surface area (TPSA) is 50.7 Å². The predicted octanol–water partition coefficient (Wildman–Crippen LogP) is 3.63. The molecule has 1 aliphatic heterocycles. The second-order valence-electron chi connectivity index (χ2n) is 4.82. The van der Waals surface area contributed by atoms with Gasteiger partial charge in [0.1, 0.15) is 0 Å². The molecule has 0 fully saturated rings. The summed E-state index contributed by atoms with van der Waals surface area (Å²) in [5.41, 5.74) is 6.09. The lowest BCUT2D eigenvalue weighted by molar-refractivity contribution is -0.138. The fourth-order valence-corrected chi connectivity index (χ4v) is 2.67. The Balaban J connectivity index is 2.50. The van der Waals surface area contributed by atoms with E-state index < -0.39 is 0 Å². The van der Waals surface area contributed by atoms with Gasteiger partial charge in [-0.15, -0.1) is 0 Å². The fourth-order valence-electron chi connectivity index (χ4n) is 2.47. The molecule has 0 bridgehead atoms. The molecule has 1 atom stereocenters. The van der Waals surface area contributed by atoms with Crippen molar-refractivity contribution in [3.63, 3.8) is 0 Å². The van der Waals surface area contributed by atoms with Gasteiger partial charge in [-0.1, -0.05) is 30.7 Å². The smallest absolute Gasteiger partial charge is 0.336 e. The maximum atomic E-state index is 12.3. The predicted molar refractivity (Wildman–Crippen MR) is 84.4 cm³/mol. The Labute approximate surface area is 129 Å². The first-order valence-electron chi connectivity index (χ1n) is 7.04. The quantitative estimate of drug-likeness (QED) is 0.864. The van der Waals surface area contributed by atoms with E-state index in [-0.39, 0.29) is 11.9 Å².